The summed E-state index contributed by atoms with van der Waals surface area (Å²) in [5.74, 6) is 1.56. The monoisotopic (exact) mass is 455 g/mol. The van der Waals surface area contributed by atoms with Crippen molar-refractivity contribution in [3.8, 4) is 5.75 Å². The van der Waals surface area contributed by atoms with Gasteiger partial charge in [-0.15, -0.1) is 0 Å². The molecule has 152 valence electrons. The number of hydrogen-bond donors (Lipinski definition) is 0. The van der Waals surface area contributed by atoms with Crippen LogP contribution in [0, 0.1) is 0 Å². The standard InChI is InChI=1S/C23H26BrN3O2/c1-5-15(3)22-26-21-11-10-18(24)13-20(21)23(28)27(22)25-14-17-8-7-9-19(12-17)29-16(4)6-2/h7-16H,5-6H2,1-4H3/t15-,16+/m0/s1. The first-order chi connectivity index (χ1) is 13.9. The molecular weight excluding hydrogens is 430 g/mol. The Hall–Kier alpha value is -2.47. The van der Waals surface area contributed by atoms with E-state index in [2.05, 4.69) is 41.8 Å². The van der Waals surface area contributed by atoms with E-state index in [1.54, 1.807) is 12.3 Å². The van der Waals surface area contributed by atoms with E-state index in [0.29, 0.717) is 16.7 Å². The van der Waals surface area contributed by atoms with Gasteiger partial charge in [0.1, 0.15) is 11.6 Å². The smallest absolute Gasteiger partial charge is 0.282 e. The fourth-order valence-corrected chi connectivity index (χ4v) is 3.25. The molecule has 0 saturated heterocycles. The highest BCUT2D eigenvalue weighted by Crippen LogP contribution is 2.21. The van der Waals surface area contributed by atoms with Gasteiger partial charge >= 0.3 is 0 Å². The Labute approximate surface area is 179 Å². The number of hydrogen-bond acceptors (Lipinski definition) is 4. The van der Waals surface area contributed by atoms with E-state index in [0.717, 1.165) is 28.6 Å². The lowest BCUT2D eigenvalue weighted by molar-refractivity contribution is 0.217. The first kappa shape index (κ1) is 21.2. The summed E-state index contributed by atoms with van der Waals surface area (Å²) < 4.78 is 8.14. The van der Waals surface area contributed by atoms with Crippen LogP contribution in [0.15, 0.2) is 56.8 Å². The molecule has 2 atom stereocenters. The zero-order valence-corrected chi connectivity index (χ0v) is 18.8. The predicted octanol–water partition coefficient (Wildman–Crippen LogP) is 5.73. The molecule has 1 heterocycles. The summed E-state index contributed by atoms with van der Waals surface area (Å²) in [5, 5.41) is 5.05. The Kier molecular flexibility index (Phi) is 6.85. The first-order valence-corrected chi connectivity index (χ1v) is 10.8. The van der Waals surface area contributed by atoms with Crippen LogP contribution in [-0.2, 0) is 0 Å². The zero-order chi connectivity index (χ0) is 21.0. The second kappa shape index (κ2) is 9.35. The van der Waals surface area contributed by atoms with Crippen LogP contribution in [0.4, 0.5) is 0 Å². The molecule has 3 aromatic rings. The summed E-state index contributed by atoms with van der Waals surface area (Å²) in [4.78, 5) is 17.9. The molecule has 0 aliphatic heterocycles. The molecule has 0 spiro atoms. The van der Waals surface area contributed by atoms with Gasteiger partial charge in [-0.25, -0.2) is 4.98 Å². The zero-order valence-electron chi connectivity index (χ0n) is 17.2. The Balaban J connectivity index is 2.05. The van der Waals surface area contributed by atoms with Gasteiger partial charge in [-0.1, -0.05) is 48.8 Å². The van der Waals surface area contributed by atoms with Crippen molar-refractivity contribution in [2.75, 3.05) is 0 Å². The van der Waals surface area contributed by atoms with Crippen molar-refractivity contribution in [2.24, 2.45) is 5.10 Å². The summed E-state index contributed by atoms with van der Waals surface area (Å²) >= 11 is 3.43. The molecule has 0 aliphatic carbocycles. The third kappa shape index (κ3) is 4.93. The number of fused-ring (bicyclic) bond motifs is 1. The quantitative estimate of drug-likeness (QED) is 0.427. The average Bonchev–Trinajstić information content (AvgIpc) is 2.73. The van der Waals surface area contributed by atoms with Crippen molar-refractivity contribution in [1.82, 2.24) is 9.66 Å². The van der Waals surface area contributed by atoms with Crippen molar-refractivity contribution >= 4 is 33.0 Å². The highest BCUT2D eigenvalue weighted by Gasteiger charge is 2.15. The van der Waals surface area contributed by atoms with Crippen LogP contribution in [0.2, 0.25) is 0 Å². The maximum Gasteiger partial charge on any atom is 0.282 e. The molecule has 6 heteroatoms. The summed E-state index contributed by atoms with van der Waals surface area (Å²) in [6, 6.07) is 13.3. The van der Waals surface area contributed by atoms with Crippen LogP contribution in [0.3, 0.4) is 0 Å². The van der Waals surface area contributed by atoms with E-state index in [9.17, 15) is 4.79 Å². The topological polar surface area (TPSA) is 56.5 Å². The van der Waals surface area contributed by atoms with Gasteiger partial charge in [0.15, 0.2) is 0 Å². The lowest BCUT2D eigenvalue weighted by Gasteiger charge is -2.14. The van der Waals surface area contributed by atoms with Gasteiger partial charge < -0.3 is 4.74 Å². The second-order valence-corrected chi connectivity index (χ2v) is 8.13. The van der Waals surface area contributed by atoms with Gasteiger partial charge in [-0.2, -0.15) is 9.78 Å². The average molecular weight is 456 g/mol. The van der Waals surface area contributed by atoms with E-state index in [-0.39, 0.29) is 17.6 Å². The van der Waals surface area contributed by atoms with Crippen LogP contribution in [0.25, 0.3) is 10.9 Å². The molecule has 29 heavy (non-hydrogen) atoms. The third-order valence-corrected chi connectivity index (χ3v) is 5.47. The van der Waals surface area contributed by atoms with E-state index in [1.165, 1.54) is 4.68 Å². The molecule has 0 radical (unpaired) electrons. The summed E-state index contributed by atoms with van der Waals surface area (Å²) in [6.07, 6.45) is 3.62. The first-order valence-electron chi connectivity index (χ1n) is 9.96. The number of rotatable bonds is 7. The van der Waals surface area contributed by atoms with Gasteiger partial charge in [0.2, 0.25) is 0 Å². The lowest BCUT2D eigenvalue weighted by atomic mass is 10.1. The molecule has 0 unspecified atom stereocenters. The molecule has 0 fully saturated rings. The number of halogens is 1. The molecule has 5 nitrogen and oxygen atoms in total. The Morgan fingerprint density at radius 3 is 2.69 bits per heavy atom. The molecule has 1 aromatic heterocycles. The van der Waals surface area contributed by atoms with E-state index < -0.39 is 0 Å². The lowest BCUT2D eigenvalue weighted by Crippen LogP contribution is -2.23. The number of benzene rings is 2. The summed E-state index contributed by atoms with van der Waals surface area (Å²) in [7, 11) is 0. The predicted molar refractivity (Wildman–Crippen MR) is 122 cm³/mol. The Bertz CT molecular complexity index is 1090. The molecule has 0 amide bonds. The molecule has 3 rings (SSSR count). The minimum Gasteiger partial charge on any atom is -0.491 e. The molecule has 2 aromatic carbocycles. The van der Waals surface area contributed by atoms with Crippen molar-refractivity contribution < 1.29 is 4.74 Å². The highest BCUT2D eigenvalue weighted by atomic mass is 79.9. The fourth-order valence-electron chi connectivity index (χ4n) is 2.89. The minimum atomic E-state index is -0.171. The van der Waals surface area contributed by atoms with E-state index in [1.807, 2.05) is 43.3 Å². The largest absolute Gasteiger partial charge is 0.491 e. The van der Waals surface area contributed by atoms with Gasteiger partial charge in [-0.05, 0) is 55.7 Å². The third-order valence-electron chi connectivity index (χ3n) is 4.98. The molecule has 0 aliphatic rings. The summed E-state index contributed by atoms with van der Waals surface area (Å²) in [6.45, 7) is 8.26. The Morgan fingerprint density at radius 1 is 1.17 bits per heavy atom. The molecular formula is C23H26BrN3O2. The SMILES string of the molecule is CC[C@@H](C)Oc1cccc(C=Nn2c([C@@H](C)CC)nc3ccc(Br)cc3c2=O)c1. The van der Waals surface area contributed by atoms with E-state index in [4.69, 9.17) is 9.72 Å². The molecule has 0 N–H and O–H groups in total. The normalized spacial score (nSPS) is 13.7. The van der Waals surface area contributed by atoms with Crippen LogP contribution < -0.4 is 10.3 Å². The maximum absolute atomic E-state index is 13.2. The minimum absolute atomic E-state index is 0.105. The van der Waals surface area contributed by atoms with Crippen molar-refractivity contribution in [3.63, 3.8) is 0 Å². The van der Waals surface area contributed by atoms with Crippen LogP contribution in [0.1, 0.15) is 57.8 Å². The highest BCUT2D eigenvalue weighted by molar-refractivity contribution is 9.10. The molecule has 0 bridgehead atoms. The Morgan fingerprint density at radius 2 is 1.97 bits per heavy atom. The van der Waals surface area contributed by atoms with Crippen LogP contribution in [-0.4, -0.2) is 22.0 Å². The second-order valence-electron chi connectivity index (χ2n) is 7.21. The molecule has 0 saturated carbocycles. The van der Waals surface area contributed by atoms with Gasteiger partial charge in [0.25, 0.3) is 5.56 Å². The van der Waals surface area contributed by atoms with Gasteiger partial charge in [-0.3, -0.25) is 4.79 Å². The number of aromatic nitrogens is 2. The van der Waals surface area contributed by atoms with Crippen molar-refractivity contribution in [3.05, 3.63) is 68.7 Å². The number of ether oxygens (including phenoxy) is 1. The van der Waals surface area contributed by atoms with Crippen molar-refractivity contribution in [1.29, 1.82) is 0 Å². The fraction of sp³-hybridized carbons (Fsp3) is 0.348. The summed E-state index contributed by atoms with van der Waals surface area (Å²) in [5.41, 5.74) is 1.38. The maximum atomic E-state index is 13.2. The van der Waals surface area contributed by atoms with Gasteiger partial charge in [0.05, 0.1) is 23.2 Å². The van der Waals surface area contributed by atoms with Crippen molar-refractivity contribution in [2.45, 2.75) is 52.6 Å². The van der Waals surface area contributed by atoms with Gasteiger partial charge in [0, 0.05) is 10.4 Å². The van der Waals surface area contributed by atoms with E-state index >= 15 is 0 Å². The van der Waals surface area contributed by atoms with Crippen LogP contribution >= 0.6 is 15.9 Å². The number of nitrogens with zero attached hydrogens (tertiary/aromatic N) is 3. The van der Waals surface area contributed by atoms with Crippen LogP contribution in [0.5, 0.6) is 5.75 Å².